The molecule has 21 aromatic carbocycles. The number of para-hydroxylation sites is 8. The van der Waals surface area contributed by atoms with Crippen molar-refractivity contribution in [1.29, 1.82) is 0 Å². The van der Waals surface area contributed by atoms with E-state index in [4.69, 9.17) is 4.42 Å². The van der Waals surface area contributed by atoms with Gasteiger partial charge in [-0.05, 0) is 232 Å². The Morgan fingerprint density at radius 1 is 0.173 bits per heavy atom. The quantitative estimate of drug-likeness (QED) is 0.142. The van der Waals surface area contributed by atoms with Crippen LogP contribution < -0.4 is 0 Å². The van der Waals surface area contributed by atoms with Gasteiger partial charge in [-0.15, -0.1) is 34.0 Å². The molecule has 0 fully saturated rings. The molecule has 0 aliphatic heterocycles. The zero-order valence-electron chi connectivity index (χ0n) is 76.2. The van der Waals surface area contributed by atoms with Gasteiger partial charge in [0, 0.05) is 159 Å². The summed E-state index contributed by atoms with van der Waals surface area (Å²) in [6.45, 7) is 6.90. The number of hydrogen-bond acceptors (Lipinski definition) is 4. The van der Waals surface area contributed by atoms with Crippen molar-refractivity contribution in [2.75, 3.05) is 0 Å². The van der Waals surface area contributed by atoms with Gasteiger partial charge in [0.2, 0.25) is 0 Å². The van der Waals surface area contributed by atoms with E-state index in [0.29, 0.717) is 0 Å². The van der Waals surface area contributed by atoms with Crippen LogP contribution in [0.25, 0.3) is 264 Å². The van der Waals surface area contributed by atoms with Gasteiger partial charge in [-0.25, -0.2) is 0 Å². The Bertz CT molecular complexity index is 10300. The molecule has 0 amide bonds. The van der Waals surface area contributed by atoms with E-state index in [1.165, 1.54) is 231 Å². The van der Waals surface area contributed by atoms with Crippen LogP contribution in [0.1, 0.15) is 26.3 Å². The van der Waals surface area contributed by atoms with E-state index in [9.17, 15) is 0 Å². The van der Waals surface area contributed by atoms with Crippen LogP contribution in [0.4, 0.5) is 0 Å². The fourth-order valence-electron chi connectivity index (χ4n) is 22.2. The van der Waals surface area contributed by atoms with Crippen LogP contribution in [0.3, 0.4) is 0 Å². The first-order valence-corrected chi connectivity index (χ1v) is 50.1. The minimum Gasteiger partial charge on any atom is -0.455 e. The molecule has 0 aliphatic rings. The molecule has 0 saturated heterocycles. The monoisotopic (exact) mass is 1830 g/mol. The Balaban J connectivity index is 0.000000103. The molecule has 9 aromatic heterocycles. The zero-order chi connectivity index (χ0) is 91.8. The summed E-state index contributed by atoms with van der Waals surface area (Å²) in [6.07, 6.45) is 0. The summed E-state index contributed by atoms with van der Waals surface area (Å²) in [4.78, 5) is 0. The average Bonchev–Trinajstić information content (AvgIpc) is 1.57. The van der Waals surface area contributed by atoms with Crippen LogP contribution in [-0.2, 0) is 5.41 Å². The number of rotatable bonds is 9. The molecule has 0 atom stereocenters. The van der Waals surface area contributed by atoms with Gasteiger partial charge in [0.25, 0.3) is 0 Å². The first kappa shape index (κ1) is 80.5. The molecular weight excluding hydrogens is 1740 g/mol. The van der Waals surface area contributed by atoms with Crippen LogP contribution in [0.2, 0.25) is 0 Å². The van der Waals surface area contributed by atoms with Crippen molar-refractivity contribution >= 4 is 225 Å². The number of benzene rings is 21. The Kier molecular flexibility index (Phi) is 18.5. The molecule has 0 aliphatic carbocycles. The van der Waals surface area contributed by atoms with E-state index >= 15 is 0 Å². The van der Waals surface area contributed by atoms with E-state index in [2.05, 4.69) is 493 Å². The minimum absolute atomic E-state index is 0.0699. The highest BCUT2D eigenvalue weighted by atomic mass is 32.1. The molecule has 9 heterocycles. The first-order chi connectivity index (χ1) is 68.5. The SMILES string of the molecule is CC(C)(C)c1ccc2c(c1)c1cc3sc4ccccc4c3cc1n2-c1ccc(-c2ccc3c(c2)c2ccccc2n3-c2ccccc2)cc1.c1ccc(-n2c3ccccc3c3cc(-c4ccc(-c5cccc(-n6c7ccccc7c7cc8sc9ccccc9c8cc76)c5)cc4)ccc32)cc1.c1ccc2c(c1)oc1c(-c3ccc(-n4c5ccccc5c5cc6sc7ccccc7c6cc54)cc3)cccc12. The standard InChI is InChI=1S/C48H30N2S.C46H34N2S.C36H21NOS/c1-2-12-35(13-3-1)49-43-18-7-4-15-37(43)40-28-34(25-26-45(40)49)32-23-21-31(22-24-32)33-11-10-14-36(27-33)50-44-19-8-5-16-38(44)41-30-48-42(29-46(41)50)39-17-6-9-20-47(39)51-48;1-46(2,3)31-20-24-42-37(26-31)38-28-45-39(35-14-8-10-16-44(35)49-45)27-43(38)48(42)33-21-17-29(18-22-33)30-19-23-41-36(25-30)34-13-7-9-15-40(34)47(41)32-11-5-4-6-12-32;1-4-13-31-25(8-1)29-21-35-30(27-10-3-6-15-34(27)39-35)20-32(29)37(31)23-18-16-22(17-19-23)24-11-7-12-28-26-9-2-5-14-33(26)38-36(24)28/h1-30H;4-28H,1-3H3;1-21H. The third-order valence-electron chi connectivity index (χ3n) is 28.8. The molecule has 0 bridgehead atoms. The van der Waals surface area contributed by atoms with E-state index in [-0.39, 0.29) is 5.41 Å². The van der Waals surface area contributed by atoms with E-state index in [1.807, 2.05) is 46.1 Å². The fraction of sp³-hybridized carbons (Fsp3) is 0.0308. The van der Waals surface area contributed by atoms with Crippen molar-refractivity contribution < 1.29 is 4.42 Å². The summed E-state index contributed by atoms with van der Waals surface area (Å²) < 4.78 is 26.4. The number of aromatic nitrogens is 5. The summed E-state index contributed by atoms with van der Waals surface area (Å²) in [6, 6.07) is 169. The highest BCUT2D eigenvalue weighted by molar-refractivity contribution is 7.26. The molecule has 0 radical (unpaired) electrons. The topological polar surface area (TPSA) is 37.8 Å². The van der Waals surface area contributed by atoms with Gasteiger partial charge in [0.1, 0.15) is 11.2 Å². The van der Waals surface area contributed by atoms with Gasteiger partial charge in [0.15, 0.2) is 0 Å². The largest absolute Gasteiger partial charge is 0.455 e. The van der Waals surface area contributed by atoms with Crippen molar-refractivity contribution in [3.05, 3.63) is 467 Å². The molecule has 0 N–H and O–H groups in total. The highest BCUT2D eigenvalue weighted by Gasteiger charge is 2.25. The number of furan rings is 1. The second-order valence-corrected chi connectivity index (χ2v) is 41.0. The normalized spacial score (nSPS) is 12.1. The maximum absolute atomic E-state index is 6.32. The van der Waals surface area contributed by atoms with E-state index in [1.54, 1.807) is 0 Å². The van der Waals surface area contributed by atoms with Crippen LogP contribution in [-0.4, -0.2) is 22.8 Å². The minimum atomic E-state index is 0.0699. The molecule has 6 nitrogen and oxygen atoms in total. The van der Waals surface area contributed by atoms with Gasteiger partial charge in [-0.3, -0.25) is 0 Å². The first-order valence-electron chi connectivity index (χ1n) is 47.6. The molecule has 30 rings (SSSR count). The van der Waals surface area contributed by atoms with Gasteiger partial charge < -0.3 is 27.3 Å². The predicted molar refractivity (Wildman–Crippen MR) is 597 cm³/mol. The molecule has 139 heavy (non-hydrogen) atoms. The van der Waals surface area contributed by atoms with Gasteiger partial charge in [-0.1, -0.05) is 300 Å². The summed E-state index contributed by atoms with van der Waals surface area (Å²) in [7, 11) is 0. The summed E-state index contributed by atoms with van der Waals surface area (Å²) in [5.41, 5.74) is 31.0. The average molecular weight is 1830 g/mol. The molecular formula is C130H85N5OS3. The second-order valence-electron chi connectivity index (χ2n) is 37.8. The fourth-order valence-corrected chi connectivity index (χ4v) is 25.6. The summed E-state index contributed by atoms with van der Waals surface area (Å²) >= 11 is 5.64. The lowest BCUT2D eigenvalue weighted by Crippen LogP contribution is -2.10. The molecule has 9 heteroatoms. The number of thiophene rings is 3. The summed E-state index contributed by atoms with van der Waals surface area (Å²) in [5, 5.41) is 23.1. The maximum Gasteiger partial charge on any atom is 0.143 e. The van der Waals surface area contributed by atoms with Gasteiger partial charge >= 0.3 is 0 Å². The molecule has 0 unspecified atom stereocenters. The second kappa shape index (κ2) is 31.9. The van der Waals surface area contributed by atoms with Crippen LogP contribution in [0, 0.1) is 0 Å². The van der Waals surface area contributed by atoms with Crippen molar-refractivity contribution in [2.24, 2.45) is 0 Å². The van der Waals surface area contributed by atoms with Crippen molar-refractivity contribution in [3.8, 4) is 72.9 Å². The van der Waals surface area contributed by atoms with E-state index < -0.39 is 0 Å². The molecule has 30 aromatic rings. The Labute approximate surface area is 812 Å². The number of nitrogens with zero attached hydrogens (tertiary/aromatic N) is 5. The lowest BCUT2D eigenvalue weighted by Gasteiger charge is -2.19. The Hall–Kier alpha value is -16.9. The van der Waals surface area contributed by atoms with Gasteiger partial charge in [0.05, 0.1) is 55.2 Å². The van der Waals surface area contributed by atoms with Crippen molar-refractivity contribution in [1.82, 2.24) is 22.8 Å². The van der Waals surface area contributed by atoms with Crippen LogP contribution >= 0.6 is 34.0 Å². The lowest BCUT2D eigenvalue weighted by atomic mass is 9.86. The van der Waals surface area contributed by atoms with Gasteiger partial charge in [-0.2, -0.15) is 0 Å². The van der Waals surface area contributed by atoms with Crippen molar-refractivity contribution in [3.63, 3.8) is 0 Å². The predicted octanol–water partition coefficient (Wildman–Crippen LogP) is 37.5. The Morgan fingerprint density at radius 2 is 0.475 bits per heavy atom. The molecule has 0 spiro atoms. The zero-order valence-corrected chi connectivity index (χ0v) is 78.7. The van der Waals surface area contributed by atoms with Crippen LogP contribution in [0.5, 0.6) is 0 Å². The van der Waals surface area contributed by atoms with E-state index in [0.717, 1.165) is 38.8 Å². The molecule has 654 valence electrons. The highest BCUT2D eigenvalue weighted by Crippen LogP contribution is 2.49. The third kappa shape index (κ3) is 13.1. The summed E-state index contributed by atoms with van der Waals surface area (Å²) in [5.74, 6) is 0. The van der Waals surface area contributed by atoms with Crippen molar-refractivity contribution in [2.45, 2.75) is 26.2 Å². The molecule has 0 saturated carbocycles. The smallest absolute Gasteiger partial charge is 0.143 e. The lowest BCUT2D eigenvalue weighted by molar-refractivity contribution is 0.591. The maximum atomic E-state index is 6.32. The number of hydrogen-bond donors (Lipinski definition) is 0. The third-order valence-corrected chi connectivity index (χ3v) is 32.2. The van der Waals surface area contributed by atoms with Crippen LogP contribution in [0.15, 0.2) is 465 Å². The number of fused-ring (bicyclic) bond motifs is 27. The Morgan fingerprint density at radius 3 is 0.921 bits per heavy atom.